The third-order valence-electron chi connectivity index (χ3n) is 3.69. The van der Waals surface area contributed by atoms with Gasteiger partial charge < -0.3 is 5.32 Å². The van der Waals surface area contributed by atoms with Gasteiger partial charge in [0, 0.05) is 5.69 Å². The largest absolute Gasteiger partial charge is 0.326 e. The molecule has 0 fully saturated rings. The third kappa shape index (κ3) is 3.06. The Hall–Kier alpha value is -3.15. The molecule has 116 valence electrons. The molecule has 6 nitrogen and oxygen atoms in total. The molecule has 1 amide bonds. The average Bonchev–Trinajstić information content (AvgIpc) is 2.53. The van der Waals surface area contributed by atoms with Crippen LogP contribution in [-0.2, 0) is 11.2 Å². The van der Waals surface area contributed by atoms with Crippen LogP contribution in [0.25, 0.3) is 10.8 Å². The molecule has 0 radical (unpaired) electrons. The van der Waals surface area contributed by atoms with E-state index in [1.54, 1.807) is 6.07 Å². The van der Waals surface area contributed by atoms with Crippen molar-refractivity contribution in [1.29, 1.82) is 0 Å². The van der Waals surface area contributed by atoms with E-state index in [0.29, 0.717) is 5.69 Å². The second-order valence-corrected chi connectivity index (χ2v) is 5.32. The van der Waals surface area contributed by atoms with Gasteiger partial charge in [0.05, 0.1) is 17.2 Å². The molecule has 3 aromatic rings. The number of hydrogen-bond acceptors (Lipinski definition) is 3. The van der Waals surface area contributed by atoms with Crippen LogP contribution in [0.3, 0.4) is 0 Å². The first-order valence-corrected chi connectivity index (χ1v) is 7.13. The zero-order valence-corrected chi connectivity index (χ0v) is 12.5. The molecule has 0 aliphatic heterocycles. The Morgan fingerprint density at radius 2 is 1.70 bits per heavy atom. The fourth-order valence-corrected chi connectivity index (χ4v) is 2.44. The first-order valence-electron chi connectivity index (χ1n) is 7.13. The number of aryl methyl sites for hydroxylation is 1. The molecular formula is C17H15N3O3. The molecule has 1 aromatic heterocycles. The monoisotopic (exact) mass is 309 g/mol. The summed E-state index contributed by atoms with van der Waals surface area (Å²) < 4.78 is 0. The summed E-state index contributed by atoms with van der Waals surface area (Å²) in [6.07, 6.45) is 0.246. The number of carbonyl (C=O) groups excluding carboxylic acids is 1. The van der Waals surface area contributed by atoms with Gasteiger partial charge in [0.25, 0.3) is 11.1 Å². The standard InChI is InChI=1S/C17H15N3O3/c1-10-4-2-3-5-11(10)8-15(21)18-12-6-7-13-14(9-12)17(23)20-19-16(13)22/h2-7,9H,8H2,1H3,(H,18,21)(H,19,22)(H,20,23). The van der Waals surface area contributed by atoms with Crippen molar-refractivity contribution in [3.63, 3.8) is 0 Å². The molecular weight excluding hydrogens is 294 g/mol. The van der Waals surface area contributed by atoms with Gasteiger partial charge in [-0.2, -0.15) is 0 Å². The lowest BCUT2D eigenvalue weighted by Crippen LogP contribution is -2.20. The highest BCUT2D eigenvalue weighted by Crippen LogP contribution is 2.14. The highest BCUT2D eigenvalue weighted by atomic mass is 16.2. The minimum absolute atomic E-state index is 0.181. The van der Waals surface area contributed by atoms with Crippen LogP contribution in [-0.4, -0.2) is 16.1 Å². The Labute approximate surface area is 131 Å². The van der Waals surface area contributed by atoms with Gasteiger partial charge in [-0.05, 0) is 36.2 Å². The van der Waals surface area contributed by atoms with Crippen molar-refractivity contribution in [3.8, 4) is 0 Å². The topological polar surface area (TPSA) is 94.8 Å². The Kier molecular flexibility index (Phi) is 3.80. The summed E-state index contributed by atoms with van der Waals surface area (Å²) in [5.41, 5.74) is 1.68. The van der Waals surface area contributed by atoms with Crippen molar-refractivity contribution in [2.45, 2.75) is 13.3 Å². The Morgan fingerprint density at radius 3 is 2.43 bits per heavy atom. The van der Waals surface area contributed by atoms with Gasteiger partial charge in [-0.15, -0.1) is 0 Å². The van der Waals surface area contributed by atoms with Gasteiger partial charge >= 0.3 is 0 Å². The Bertz CT molecular complexity index is 1000. The fraction of sp³-hybridized carbons (Fsp3) is 0.118. The molecule has 6 heteroatoms. The van der Waals surface area contributed by atoms with Crippen molar-refractivity contribution in [2.24, 2.45) is 0 Å². The van der Waals surface area contributed by atoms with Crippen LogP contribution in [0.4, 0.5) is 5.69 Å². The smallest absolute Gasteiger partial charge is 0.270 e. The van der Waals surface area contributed by atoms with E-state index in [1.165, 1.54) is 12.1 Å². The predicted octanol–water partition coefficient (Wildman–Crippen LogP) is 1.71. The van der Waals surface area contributed by atoms with Crippen molar-refractivity contribution >= 4 is 22.4 Å². The number of nitrogens with one attached hydrogen (secondary N) is 3. The number of H-pyrrole nitrogens is 2. The molecule has 0 unspecified atom stereocenters. The number of hydrogen-bond donors (Lipinski definition) is 3. The number of benzene rings is 2. The van der Waals surface area contributed by atoms with Crippen molar-refractivity contribution in [2.75, 3.05) is 5.32 Å². The van der Waals surface area contributed by atoms with Gasteiger partial charge in [-0.1, -0.05) is 24.3 Å². The number of fused-ring (bicyclic) bond motifs is 1. The summed E-state index contributed by atoms with van der Waals surface area (Å²) in [6.45, 7) is 1.95. The summed E-state index contributed by atoms with van der Waals surface area (Å²) in [7, 11) is 0. The van der Waals surface area contributed by atoms with E-state index in [1.807, 2.05) is 31.2 Å². The van der Waals surface area contributed by atoms with Gasteiger partial charge in [0.15, 0.2) is 0 Å². The normalized spacial score (nSPS) is 10.7. The lowest BCUT2D eigenvalue weighted by atomic mass is 10.1. The molecule has 3 N–H and O–H groups in total. The first kappa shape index (κ1) is 14.8. The van der Waals surface area contributed by atoms with Crippen LogP contribution in [0.1, 0.15) is 11.1 Å². The molecule has 0 aliphatic rings. The number of anilines is 1. The van der Waals surface area contributed by atoms with E-state index in [4.69, 9.17) is 0 Å². The van der Waals surface area contributed by atoms with Crippen molar-refractivity contribution < 1.29 is 4.79 Å². The summed E-state index contributed by atoms with van der Waals surface area (Å²) in [5.74, 6) is -0.181. The molecule has 0 aliphatic carbocycles. The number of amides is 1. The second-order valence-electron chi connectivity index (χ2n) is 5.32. The van der Waals surface area contributed by atoms with Gasteiger partial charge in [0.1, 0.15) is 0 Å². The van der Waals surface area contributed by atoms with Crippen LogP contribution in [0.2, 0.25) is 0 Å². The van der Waals surface area contributed by atoms with Crippen LogP contribution in [0, 0.1) is 6.92 Å². The quantitative estimate of drug-likeness (QED) is 0.687. The average molecular weight is 309 g/mol. The zero-order chi connectivity index (χ0) is 16.4. The van der Waals surface area contributed by atoms with Crippen LogP contribution < -0.4 is 16.4 Å². The number of aromatic nitrogens is 2. The van der Waals surface area contributed by atoms with E-state index in [2.05, 4.69) is 15.5 Å². The van der Waals surface area contributed by atoms with Crippen LogP contribution in [0.5, 0.6) is 0 Å². The first-order chi connectivity index (χ1) is 11.0. The molecule has 0 bridgehead atoms. The van der Waals surface area contributed by atoms with Gasteiger partial charge in [-0.3, -0.25) is 24.6 Å². The molecule has 0 spiro atoms. The minimum Gasteiger partial charge on any atom is -0.326 e. The summed E-state index contributed by atoms with van der Waals surface area (Å²) in [6, 6.07) is 12.3. The molecule has 1 heterocycles. The molecule has 0 atom stereocenters. The molecule has 2 aromatic carbocycles. The molecule has 0 saturated carbocycles. The molecule has 0 saturated heterocycles. The highest BCUT2D eigenvalue weighted by Gasteiger charge is 2.08. The summed E-state index contributed by atoms with van der Waals surface area (Å²) >= 11 is 0. The predicted molar refractivity (Wildman–Crippen MR) is 88.7 cm³/mol. The lowest BCUT2D eigenvalue weighted by molar-refractivity contribution is -0.115. The maximum Gasteiger partial charge on any atom is 0.270 e. The van der Waals surface area contributed by atoms with E-state index in [0.717, 1.165) is 11.1 Å². The van der Waals surface area contributed by atoms with Gasteiger partial charge in [0.2, 0.25) is 5.91 Å². The van der Waals surface area contributed by atoms with Crippen molar-refractivity contribution in [3.05, 3.63) is 74.3 Å². The summed E-state index contributed by atoms with van der Waals surface area (Å²) in [5, 5.41) is 7.80. The molecule has 3 rings (SSSR count). The highest BCUT2D eigenvalue weighted by molar-refractivity contribution is 5.95. The number of carbonyl (C=O) groups is 1. The summed E-state index contributed by atoms with van der Waals surface area (Å²) in [4.78, 5) is 35.6. The maximum absolute atomic E-state index is 12.2. The number of aromatic amines is 2. The zero-order valence-electron chi connectivity index (χ0n) is 12.5. The minimum atomic E-state index is -0.408. The Morgan fingerprint density at radius 1 is 1.00 bits per heavy atom. The van der Waals surface area contributed by atoms with Gasteiger partial charge in [-0.25, -0.2) is 0 Å². The van der Waals surface area contributed by atoms with Crippen molar-refractivity contribution in [1.82, 2.24) is 10.2 Å². The number of rotatable bonds is 3. The SMILES string of the molecule is Cc1ccccc1CC(=O)Nc1ccc2c(=O)[nH][nH]c(=O)c2c1. The van der Waals surface area contributed by atoms with E-state index in [-0.39, 0.29) is 28.7 Å². The van der Waals surface area contributed by atoms with Crippen LogP contribution in [0.15, 0.2) is 52.1 Å². The van der Waals surface area contributed by atoms with E-state index < -0.39 is 5.56 Å². The fourth-order valence-electron chi connectivity index (χ4n) is 2.44. The maximum atomic E-state index is 12.2. The Balaban J connectivity index is 1.86. The van der Waals surface area contributed by atoms with E-state index in [9.17, 15) is 14.4 Å². The van der Waals surface area contributed by atoms with Crippen LogP contribution >= 0.6 is 0 Å². The molecule has 23 heavy (non-hydrogen) atoms. The second kappa shape index (κ2) is 5.92. The van der Waals surface area contributed by atoms with E-state index >= 15 is 0 Å². The lowest BCUT2D eigenvalue weighted by Gasteiger charge is -2.08. The third-order valence-corrected chi connectivity index (χ3v) is 3.69.